The largest absolute Gasteiger partial charge is 0.494 e. The molecule has 3 heterocycles. The minimum Gasteiger partial charge on any atom is -0.399 e. The molecular formula is C23H26BNO2. The molecule has 5 rings (SSSR count). The van der Waals surface area contributed by atoms with Crippen LogP contribution < -0.4 is 5.46 Å². The average Bonchev–Trinajstić information content (AvgIpc) is 3.20. The number of aromatic nitrogens is 1. The summed E-state index contributed by atoms with van der Waals surface area (Å²) in [5.74, 6) is 0. The van der Waals surface area contributed by atoms with Crippen LogP contribution in [0.3, 0.4) is 0 Å². The van der Waals surface area contributed by atoms with Crippen LogP contribution in [-0.4, -0.2) is 22.9 Å². The fourth-order valence-electron chi connectivity index (χ4n) is 4.50. The summed E-state index contributed by atoms with van der Waals surface area (Å²) >= 11 is 0. The lowest BCUT2D eigenvalue weighted by molar-refractivity contribution is 0.00578. The lowest BCUT2D eigenvalue weighted by Gasteiger charge is -2.32. The molecule has 1 fully saturated rings. The molecule has 0 bridgehead atoms. The summed E-state index contributed by atoms with van der Waals surface area (Å²) in [6, 6.07) is 6.59. The molecule has 1 aromatic carbocycles. The van der Waals surface area contributed by atoms with Gasteiger partial charge in [-0.25, -0.2) is 0 Å². The average molecular weight is 359 g/mol. The van der Waals surface area contributed by atoms with Crippen molar-refractivity contribution in [2.24, 2.45) is 0 Å². The van der Waals surface area contributed by atoms with E-state index in [2.05, 4.69) is 69.2 Å². The Labute approximate surface area is 161 Å². The van der Waals surface area contributed by atoms with E-state index in [1.165, 1.54) is 27.9 Å². The second-order valence-electron chi connectivity index (χ2n) is 8.87. The lowest BCUT2D eigenvalue weighted by atomic mass is 9.78. The van der Waals surface area contributed by atoms with Gasteiger partial charge in [0.1, 0.15) is 0 Å². The molecule has 0 radical (unpaired) electrons. The van der Waals surface area contributed by atoms with E-state index in [9.17, 15) is 0 Å². The monoisotopic (exact) mass is 359 g/mol. The van der Waals surface area contributed by atoms with Gasteiger partial charge in [0, 0.05) is 28.8 Å². The smallest absolute Gasteiger partial charge is 0.399 e. The van der Waals surface area contributed by atoms with Crippen molar-refractivity contribution in [3.05, 3.63) is 53.8 Å². The van der Waals surface area contributed by atoms with Crippen LogP contribution in [0.15, 0.2) is 42.5 Å². The summed E-state index contributed by atoms with van der Waals surface area (Å²) in [6.45, 7) is 12.5. The Morgan fingerprint density at radius 3 is 2.59 bits per heavy atom. The molecule has 0 saturated carbocycles. The number of benzene rings is 1. The third kappa shape index (κ3) is 2.30. The molecule has 1 saturated heterocycles. The standard InChI is InChI=1S/C23H26BNO2/c1-6-17-18-14-16(24-26-22(2,3)23(4,5)27-24)11-12-20(18)25-19-10-8-7-9-15(19)13-21(17)25/h6,8,10-12,14H,1,7,9,13H2,2-5H3. The Bertz CT molecular complexity index is 1020. The second-order valence-corrected chi connectivity index (χ2v) is 8.87. The van der Waals surface area contributed by atoms with Crippen LogP contribution in [0.2, 0.25) is 0 Å². The molecule has 4 heteroatoms. The van der Waals surface area contributed by atoms with Crippen molar-refractivity contribution >= 4 is 35.3 Å². The van der Waals surface area contributed by atoms with Crippen LogP contribution in [0.25, 0.3) is 22.7 Å². The van der Waals surface area contributed by atoms with Crippen molar-refractivity contribution in [2.45, 2.75) is 58.2 Å². The highest BCUT2D eigenvalue weighted by Gasteiger charge is 2.51. The van der Waals surface area contributed by atoms with E-state index in [4.69, 9.17) is 9.31 Å². The van der Waals surface area contributed by atoms with Crippen molar-refractivity contribution in [3.8, 4) is 0 Å². The zero-order chi connectivity index (χ0) is 19.0. The van der Waals surface area contributed by atoms with Gasteiger partial charge in [-0.1, -0.05) is 30.9 Å². The highest BCUT2D eigenvalue weighted by Crippen LogP contribution is 2.41. The summed E-state index contributed by atoms with van der Waals surface area (Å²) < 4.78 is 14.9. The van der Waals surface area contributed by atoms with Crippen LogP contribution in [0.5, 0.6) is 0 Å². The van der Waals surface area contributed by atoms with Crippen LogP contribution in [0.4, 0.5) is 0 Å². The Balaban J connectivity index is 1.64. The first-order valence-corrected chi connectivity index (χ1v) is 9.87. The van der Waals surface area contributed by atoms with Crippen LogP contribution in [0.1, 0.15) is 51.8 Å². The third-order valence-electron chi connectivity index (χ3n) is 6.73. The molecule has 138 valence electrons. The minimum atomic E-state index is -0.337. The molecule has 0 amide bonds. The normalized spacial score (nSPS) is 22.4. The predicted octanol–water partition coefficient (Wildman–Crippen LogP) is 4.70. The number of fused-ring (bicyclic) bond motifs is 4. The maximum absolute atomic E-state index is 6.26. The highest BCUT2D eigenvalue weighted by atomic mass is 16.7. The number of hydrogen-bond donors (Lipinski definition) is 0. The van der Waals surface area contributed by atoms with Gasteiger partial charge in [0.2, 0.25) is 0 Å². The van der Waals surface area contributed by atoms with Crippen LogP contribution in [-0.2, 0) is 15.7 Å². The summed E-state index contributed by atoms with van der Waals surface area (Å²) in [6.07, 6.45) is 9.91. The molecule has 27 heavy (non-hydrogen) atoms. The molecule has 0 N–H and O–H groups in total. The van der Waals surface area contributed by atoms with Gasteiger partial charge in [0.15, 0.2) is 0 Å². The van der Waals surface area contributed by atoms with Crippen molar-refractivity contribution in [2.75, 3.05) is 0 Å². The van der Waals surface area contributed by atoms with Crippen LogP contribution >= 0.6 is 0 Å². The van der Waals surface area contributed by atoms with Crippen LogP contribution in [0, 0.1) is 0 Å². The van der Waals surface area contributed by atoms with Gasteiger partial charge in [-0.05, 0) is 63.7 Å². The fraction of sp³-hybridized carbons (Fsp3) is 0.391. The van der Waals surface area contributed by atoms with Crippen molar-refractivity contribution < 1.29 is 9.31 Å². The molecule has 2 aromatic rings. The van der Waals surface area contributed by atoms with E-state index >= 15 is 0 Å². The maximum atomic E-state index is 6.26. The molecule has 1 aliphatic carbocycles. The summed E-state index contributed by atoms with van der Waals surface area (Å²) in [5, 5.41) is 1.23. The van der Waals surface area contributed by atoms with Gasteiger partial charge >= 0.3 is 7.12 Å². The molecule has 2 aliphatic heterocycles. The first-order chi connectivity index (χ1) is 12.8. The van der Waals surface area contributed by atoms with Gasteiger partial charge in [0.25, 0.3) is 0 Å². The molecule has 0 spiro atoms. The SMILES string of the molecule is C=Cc1c2n(c3ccc(B4OC(C)(C)C(C)(C)O4)cc13)C1=C(CCC=C1)C2. The van der Waals surface area contributed by atoms with Gasteiger partial charge < -0.3 is 13.9 Å². The molecule has 1 aromatic heterocycles. The van der Waals surface area contributed by atoms with Crippen molar-refractivity contribution in [1.82, 2.24) is 4.57 Å². The van der Waals surface area contributed by atoms with Gasteiger partial charge in [-0.2, -0.15) is 0 Å². The van der Waals surface area contributed by atoms with E-state index in [0.717, 1.165) is 24.7 Å². The zero-order valence-electron chi connectivity index (χ0n) is 16.6. The fourth-order valence-corrected chi connectivity index (χ4v) is 4.50. The number of hydrogen-bond acceptors (Lipinski definition) is 2. The zero-order valence-corrected chi connectivity index (χ0v) is 16.6. The predicted molar refractivity (Wildman–Crippen MR) is 113 cm³/mol. The van der Waals surface area contributed by atoms with E-state index in [0.29, 0.717) is 0 Å². The lowest BCUT2D eigenvalue weighted by Crippen LogP contribution is -2.41. The quantitative estimate of drug-likeness (QED) is 0.726. The van der Waals surface area contributed by atoms with Gasteiger partial charge in [-0.3, -0.25) is 0 Å². The first kappa shape index (κ1) is 17.1. The Hall–Kier alpha value is -2.04. The molecule has 0 unspecified atom stereocenters. The minimum absolute atomic E-state index is 0.330. The number of nitrogens with zero attached hydrogens (tertiary/aromatic N) is 1. The third-order valence-corrected chi connectivity index (χ3v) is 6.73. The molecule has 3 aliphatic rings. The van der Waals surface area contributed by atoms with E-state index in [1.807, 2.05) is 6.08 Å². The van der Waals surface area contributed by atoms with E-state index in [-0.39, 0.29) is 18.3 Å². The van der Waals surface area contributed by atoms with Crippen molar-refractivity contribution in [3.63, 3.8) is 0 Å². The summed E-state index contributed by atoms with van der Waals surface area (Å²) in [5.41, 5.74) is 7.17. The highest BCUT2D eigenvalue weighted by molar-refractivity contribution is 6.62. The Kier molecular flexibility index (Phi) is 3.48. The maximum Gasteiger partial charge on any atom is 0.494 e. The van der Waals surface area contributed by atoms with Crippen molar-refractivity contribution in [1.29, 1.82) is 0 Å². The van der Waals surface area contributed by atoms with E-state index in [1.54, 1.807) is 5.57 Å². The molecule has 3 nitrogen and oxygen atoms in total. The summed E-state index contributed by atoms with van der Waals surface area (Å²) in [7, 11) is -0.337. The summed E-state index contributed by atoms with van der Waals surface area (Å²) in [4.78, 5) is 0. The topological polar surface area (TPSA) is 23.4 Å². The second kappa shape index (κ2) is 5.49. The molecular weight excluding hydrogens is 333 g/mol. The number of rotatable bonds is 2. The first-order valence-electron chi connectivity index (χ1n) is 9.87. The molecule has 0 atom stereocenters. The van der Waals surface area contributed by atoms with E-state index < -0.39 is 0 Å². The Morgan fingerprint density at radius 1 is 1.15 bits per heavy atom. The number of allylic oxidation sites excluding steroid dienone is 4. The van der Waals surface area contributed by atoms with Gasteiger partial charge in [-0.15, -0.1) is 0 Å². The van der Waals surface area contributed by atoms with Gasteiger partial charge in [0.05, 0.1) is 16.7 Å². The Morgan fingerprint density at radius 2 is 1.89 bits per heavy atom.